The van der Waals surface area contributed by atoms with Crippen LogP contribution in [0.2, 0.25) is 0 Å². The maximum atomic E-state index is 12.5. The molecule has 1 aromatic rings. The molecule has 25 heavy (non-hydrogen) atoms. The number of hydrazine groups is 1. The fourth-order valence-corrected chi connectivity index (χ4v) is 3.56. The molecule has 2 unspecified atom stereocenters. The molecule has 0 bridgehead atoms. The number of rotatable bonds is 6. The lowest BCUT2D eigenvalue weighted by Crippen LogP contribution is -2.40. The molecule has 1 aliphatic carbocycles. The van der Waals surface area contributed by atoms with Crippen LogP contribution < -0.4 is 20.9 Å². The average Bonchev–Trinajstić information content (AvgIpc) is 3.12. The fraction of sp³-hybridized carbons (Fsp3) is 0.684. The van der Waals surface area contributed by atoms with E-state index in [1.807, 2.05) is 12.1 Å². The van der Waals surface area contributed by atoms with Gasteiger partial charge in [0.15, 0.2) is 11.6 Å². The number of hydrogen-bond acceptors (Lipinski definition) is 5. The number of hydrogen-bond donors (Lipinski definition) is 3. The van der Waals surface area contributed by atoms with Gasteiger partial charge in [0.1, 0.15) is 6.04 Å². The van der Waals surface area contributed by atoms with E-state index in [4.69, 9.17) is 4.74 Å². The molecular weight excluding hydrogens is 316 g/mol. The molecule has 1 amide bonds. The van der Waals surface area contributed by atoms with E-state index >= 15 is 0 Å². The summed E-state index contributed by atoms with van der Waals surface area (Å²) in [7, 11) is 0. The summed E-state index contributed by atoms with van der Waals surface area (Å²) in [4.78, 5) is 16.8. The molecule has 1 saturated carbocycles. The summed E-state index contributed by atoms with van der Waals surface area (Å²) >= 11 is 0. The quantitative estimate of drug-likeness (QED) is 0.738. The molecule has 2 heterocycles. The Balaban J connectivity index is 1.56. The lowest BCUT2D eigenvalue weighted by Gasteiger charge is -2.22. The van der Waals surface area contributed by atoms with Crippen molar-refractivity contribution in [3.63, 3.8) is 0 Å². The van der Waals surface area contributed by atoms with Gasteiger partial charge in [-0.05, 0) is 43.2 Å². The average molecular weight is 346 g/mol. The minimum absolute atomic E-state index is 0.0723. The number of carbonyl (C=O) groups excluding carboxylic acids is 1. The van der Waals surface area contributed by atoms with E-state index in [0.29, 0.717) is 36.1 Å². The van der Waals surface area contributed by atoms with Crippen molar-refractivity contribution in [1.29, 1.82) is 0 Å². The van der Waals surface area contributed by atoms with Crippen LogP contribution >= 0.6 is 0 Å². The van der Waals surface area contributed by atoms with E-state index in [9.17, 15) is 4.79 Å². The highest BCUT2D eigenvalue weighted by molar-refractivity contribution is 5.95. The van der Waals surface area contributed by atoms with Gasteiger partial charge in [0.25, 0.3) is 0 Å². The molecule has 0 aromatic carbocycles. The van der Waals surface area contributed by atoms with Crippen LogP contribution in [0.25, 0.3) is 0 Å². The summed E-state index contributed by atoms with van der Waals surface area (Å²) in [5.74, 6) is 2.20. The highest BCUT2D eigenvalue weighted by atomic mass is 16.5. The van der Waals surface area contributed by atoms with Crippen molar-refractivity contribution in [3.8, 4) is 5.75 Å². The first-order chi connectivity index (χ1) is 12.1. The molecule has 2 fully saturated rings. The molecule has 1 aromatic heterocycles. The number of aromatic nitrogens is 1. The number of carbonyl (C=O) groups is 1. The van der Waals surface area contributed by atoms with Crippen LogP contribution in [0.15, 0.2) is 18.3 Å². The Hall–Kier alpha value is -1.66. The summed E-state index contributed by atoms with van der Waals surface area (Å²) < 4.78 is 5.99. The van der Waals surface area contributed by atoms with Crippen LogP contribution in [0.1, 0.15) is 52.4 Å². The Morgan fingerprint density at radius 2 is 2.12 bits per heavy atom. The molecular formula is C19H30N4O2. The second kappa shape index (κ2) is 8.63. The zero-order valence-electron chi connectivity index (χ0n) is 15.3. The summed E-state index contributed by atoms with van der Waals surface area (Å²) in [5.41, 5.74) is 6.27. The molecule has 2 atom stereocenters. The van der Waals surface area contributed by atoms with Crippen LogP contribution in [0.3, 0.4) is 0 Å². The van der Waals surface area contributed by atoms with Crippen molar-refractivity contribution >= 4 is 11.7 Å². The van der Waals surface area contributed by atoms with Gasteiger partial charge in [-0.3, -0.25) is 10.2 Å². The maximum Gasteiger partial charge on any atom is 0.244 e. The van der Waals surface area contributed by atoms with Crippen molar-refractivity contribution in [1.82, 2.24) is 15.8 Å². The van der Waals surface area contributed by atoms with Crippen LogP contribution in [0, 0.1) is 11.8 Å². The van der Waals surface area contributed by atoms with Crippen LogP contribution in [0.5, 0.6) is 5.75 Å². The van der Waals surface area contributed by atoms with Gasteiger partial charge in [0.05, 0.1) is 6.61 Å². The minimum Gasteiger partial charge on any atom is -0.489 e. The highest BCUT2D eigenvalue weighted by Gasteiger charge is 2.31. The fourth-order valence-electron chi connectivity index (χ4n) is 3.56. The molecule has 3 rings (SSSR count). The summed E-state index contributed by atoms with van der Waals surface area (Å²) in [6.07, 6.45) is 8.84. The van der Waals surface area contributed by atoms with E-state index in [0.717, 1.165) is 6.42 Å². The molecule has 0 radical (unpaired) electrons. The van der Waals surface area contributed by atoms with Gasteiger partial charge in [-0.1, -0.05) is 33.1 Å². The van der Waals surface area contributed by atoms with E-state index in [1.165, 1.54) is 32.1 Å². The second-order valence-corrected chi connectivity index (χ2v) is 7.58. The summed E-state index contributed by atoms with van der Waals surface area (Å²) in [6, 6.07) is 3.78. The number of ether oxygens (including phenoxy) is 1. The molecule has 138 valence electrons. The number of amides is 1. The van der Waals surface area contributed by atoms with Crippen molar-refractivity contribution in [3.05, 3.63) is 18.3 Å². The van der Waals surface area contributed by atoms with Crippen molar-refractivity contribution in [2.24, 2.45) is 11.8 Å². The summed E-state index contributed by atoms with van der Waals surface area (Å²) in [6.45, 7) is 5.00. The lowest BCUT2D eigenvalue weighted by atomic mass is 9.90. The maximum absolute atomic E-state index is 12.5. The largest absolute Gasteiger partial charge is 0.489 e. The van der Waals surface area contributed by atoms with E-state index in [-0.39, 0.29) is 11.9 Å². The van der Waals surface area contributed by atoms with Gasteiger partial charge in [0, 0.05) is 12.2 Å². The third-order valence-corrected chi connectivity index (χ3v) is 5.27. The molecule has 6 heteroatoms. The zero-order chi connectivity index (χ0) is 17.6. The Morgan fingerprint density at radius 3 is 2.84 bits per heavy atom. The van der Waals surface area contributed by atoms with Gasteiger partial charge in [-0.2, -0.15) is 0 Å². The van der Waals surface area contributed by atoms with E-state index < -0.39 is 0 Å². The van der Waals surface area contributed by atoms with Gasteiger partial charge < -0.3 is 10.1 Å². The first kappa shape index (κ1) is 18.1. The Kier molecular flexibility index (Phi) is 6.26. The topological polar surface area (TPSA) is 75.3 Å². The normalized spacial score (nSPS) is 24.4. The van der Waals surface area contributed by atoms with E-state index in [1.54, 1.807) is 6.20 Å². The molecule has 3 N–H and O–H groups in total. The highest BCUT2D eigenvalue weighted by Crippen LogP contribution is 2.27. The molecule has 2 aliphatic rings. The first-order valence-electron chi connectivity index (χ1n) is 9.53. The minimum atomic E-state index is -0.249. The molecule has 1 saturated heterocycles. The van der Waals surface area contributed by atoms with Gasteiger partial charge in [-0.15, -0.1) is 0 Å². The third kappa shape index (κ3) is 4.92. The predicted octanol–water partition coefficient (Wildman–Crippen LogP) is 2.87. The van der Waals surface area contributed by atoms with Gasteiger partial charge in [-0.25, -0.2) is 10.4 Å². The smallest absolute Gasteiger partial charge is 0.244 e. The Labute approximate surface area is 150 Å². The third-order valence-electron chi connectivity index (χ3n) is 5.27. The standard InChI is InChI=1S/C19H30N4O2/c1-13(2)15-11-16(23-22-15)19(24)21-18-17(9-6-10-20-18)25-12-14-7-4-3-5-8-14/h6,9-10,13-16,22-23H,3-5,7-8,11-12H2,1-2H3,(H,20,21,24). The lowest BCUT2D eigenvalue weighted by molar-refractivity contribution is -0.117. The number of nitrogens with one attached hydrogen (secondary N) is 3. The van der Waals surface area contributed by atoms with Crippen molar-refractivity contribution in [2.75, 3.05) is 11.9 Å². The van der Waals surface area contributed by atoms with Crippen LogP contribution in [0.4, 0.5) is 5.82 Å². The number of anilines is 1. The van der Waals surface area contributed by atoms with Gasteiger partial charge in [0.2, 0.25) is 5.91 Å². The summed E-state index contributed by atoms with van der Waals surface area (Å²) in [5, 5.41) is 2.92. The predicted molar refractivity (Wildman–Crippen MR) is 98.2 cm³/mol. The monoisotopic (exact) mass is 346 g/mol. The number of pyridine rings is 1. The van der Waals surface area contributed by atoms with Gasteiger partial charge >= 0.3 is 0 Å². The van der Waals surface area contributed by atoms with E-state index in [2.05, 4.69) is 35.0 Å². The zero-order valence-corrected chi connectivity index (χ0v) is 15.3. The van der Waals surface area contributed by atoms with Crippen molar-refractivity contribution < 1.29 is 9.53 Å². The molecule has 1 aliphatic heterocycles. The SMILES string of the molecule is CC(C)C1CC(C(=O)Nc2ncccc2OCC2CCCCC2)NN1. The molecule has 0 spiro atoms. The second-order valence-electron chi connectivity index (χ2n) is 7.58. The number of nitrogens with zero attached hydrogens (tertiary/aromatic N) is 1. The first-order valence-corrected chi connectivity index (χ1v) is 9.53. The van der Waals surface area contributed by atoms with Crippen molar-refractivity contribution in [2.45, 2.75) is 64.5 Å². The Bertz CT molecular complexity index is 572. The van der Waals surface area contributed by atoms with Crippen LogP contribution in [-0.2, 0) is 4.79 Å². The van der Waals surface area contributed by atoms with Crippen LogP contribution in [-0.4, -0.2) is 29.6 Å². The Morgan fingerprint density at radius 1 is 1.32 bits per heavy atom. The molecule has 6 nitrogen and oxygen atoms in total.